The molecule has 40 atom stereocenters. The minimum atomic E-state index is -2.34. The van der Waals surface area contributed by atoms with E-state index in [9.17, 15) is 128 Å². The maximum atomic E-state index is 12.2. The van der Waals surface area contributed by atoms with Crippen molar-refractivity contribution >= 4 is 12.6 Å². The number of thiol groups is 1. The van der Waals surface area contributed by atoms with Crippen LogP contribution in [0.5, 0.6) is 0 Å². The largest absolute Gasteiger partial charge is 0.394 e. The molecule has 41 nitrogen and oxygen atoms in total. The quantitative estimate of drug-likeness (QED) is 0.0282. The van der Waals surface area contributed by atoms with Crippen LogP contribution in [0.4, 0.5) is 0 Å². The molecule has 8 heterocycles. The van der Waals surface area contributed by atoms with Crippen molar-refractivity contribution in [1.29, 1.82) is 0 Å². The first kappa shape index (κ1) is 77.4. The predicted octanol–water partition coefficient (Wildman–Crippen LogP) is -17.1. The lowest BCUT2D eigenvalue weighted by Crippen LogP contribution is -2.69. The molecule has 0 aromatic heterocycles. The first-order valence-electron chi connectivity index (χ1n) is 29.8. The predicted molar refractivity (Wildman–Crippen MR) is 287 cm³/mol. The molecule has 0 aromatic rings. The Kier molecular flexibility index (Phi) is 28.6. The minimum Gasteiger partial charge on any atom is -0.394 e. The number of rotatable bonds is 26. The lowest BCUT2D eigenvalue weighted by atomic mass is 9.95. The molecule has 0 bridgehead atoms. The van der Waals surface area contributed by atoms with Gasteiger partial charge in [-0.15, -0.1) is 0 Å². The van der Waals surface area contributed by atoms with Gasteiger partial charge in [0.05, 0.1) is 59.5 Å². The third-order valence-electron chi connectivity index (χ3n) is 17.2. The summed E-state index contributed by atoms with van der Waals surface area (Å²) >= 11 is 4.18. The lowest BCUT2D eigenvalue weighted by molar-refractivity contribution is -0.409. The fourth-order valence-corrected chi connectivity index (χ4v) is 11.8. The van der Waals surface area contributed by atoms with E-state index in [1.54, 1.807) is 0 Å². The molecule has 16 unspecified atom stereocenters. The van der Waals surface area contributed by atoms with Crippen LogP contribution < -0.4 is 0 Å². The van der Waals surface area contributed by atoms with Crippen LogP contribution in [0.2, 0.25) is 0 Å². The number of ether oxygens (including phenoxy) is 16. The highest BCUT2D eigenvalue weighted by Crippen LogP contribution is 2.39. The van der Waals surface area contributed by atoms with E-state index >= 15 is 0 Å². The zero-order valence-electron chi connectivity index (χ0n) is 49.0. The summed E-state index contributed by atoms with van der Waals surface area (Å²) in [5.41, 5.74) is 0. The van der Waals surface area contributed by atoms with Gasteiger partial charge in [-0.2, -0.15) is 12.6 Å². The molecule has 8 saturated heterocycles. The average molecular weight is 1390 g/mol. The van der Waals surface area contributed by atoms with Gasteiger partial charge in [0.15, 0.2) is 50.3 Å². The van der Waals surface area contributed by atoms with Gasteiger partial charge in [-0.1, -0.05) is 0 Å². The Balaban J connectivity index is 1.11. The van der Waals surface area contributed by atoms with Gasteiger partial charge in [0.2, 0.25) is 0 Å². The minimum absolute atomic E-state index is 0.174. The van der Waals surface area contributed by atoms with E-state index in [-0.39, 0.29) is 18.8 Å². The molecular formula is C51H88O41S. The summed E-state index contributed by atoms with van der Waals surface area (Å²) in [6.07, 6.45) is -81.0. The van der Waals surface area contributed by atoms with Crippen molar-refractivity contribution in [2.75, 3.05) is 65.2 Å². The van der Waals surface area contributed by atoms with Gasteiger partial charge < -0.3 is 203 Å². The second-order valence-corrected chi connectivity index (χ2v) is 23.8. The second kappa shape index (κ2) is 34.4. The zero-order valence-corrected chi connectivity index (χ0v) is 49.9. The molecule has 8 aliphatic rings. The Hall–Kier alpha value is -1.29. The van der Waals surface area contributed by atoms with Crippen molar-refractivity contribution in [1.82, 2.24) is 0 Å². The first-order chi connectivity index (χ1) is 44.2. The van der Waals surface area contributed by atoms with Crippen LogP contribution in [0.3, 0.4) is 0 Å². The highest BCUT2D eigenvalue weighted by Gasteiger charge is 2.60. The fourth-order valence-electron chi connectivity index (χ4n) is 11.7. The third kappa shape index (κ3) is 16.7. The van der Waals surface area contributed by atoms with E-state index in [1.807, 2.05) is 0 Å². The van der Waals surface area contributed by atoms with E-state index in [0.29, 0.717) is 0 Å². The van der Waals surface area contributed by atoms with Crippen molar-refractivity contribution in [2.24, 2.45) is 0 Å². The van der Waals surface area contributed by atoms with Crippen LogP contribution >= 0.6 is 12.6 Å². The Morgan fingerprint density at radius 2 is 0.495 bits per heavy atom. The summed E-state index contributed by atoms with van der Waals surface area (Å²) in [5, 5.41) is 271. The van der Waals surface area contributed by atoms with E-state index in [0.717, 1.165) is 0 Å². The number of hydrogen-bond donors (Lipinski definition) is 26. The molecule has 544 valence electrons. The molecule has 0 amide bonds. The van der Waals surface area contributed by atoms with Gasteiger partial charge in [-0.3, -0.25) is 0 Å². The molecule has 8 rings (SSSR count). The van der Waals surface area contributed by atoms with Crippen molar-refractivity contribution in [2.45, 2.75) is 252 Å². The highest BCUT2D eigenvalue weighted by molar-refractivity contribution is 7.80. The van der Waals surface area contributed by atoms with E-state index in [2.05, 4.69) is 12.6 Å². The van der Waals surface area contributed by atoms with Gasteiger partial charge in [0.25, 0.3) is 0 Å². The van der Waals surface area contributed by atoms with E-state index in [4.69, 9.17) is 75.8 Å². The van der Waals surface area contributed by atoms with Crippen molar-refractivity contribution in [3.63, 3.8) is 0 Å². The molecule has 0 radical (unpaired) electrons. The normalized spacial score (nSPS) is 51.8. The first-order valence-corrected chi connectivity index (χ1v) is 30.4. The average Bonchev–Trinajstić information content (AvgIpc) is 0.781. The standard InChI is InChI=1S/C51H88O41S/c52-4-12-20(59)25(64)32(71)45(79-12)87-38-17(9-57)84-48(35(74)30(38)69)91-42-28(67)23(62)15(7-55)82-50(42)78-11-19-40(41(37(76)44(86-19)77-2-1-3-93)90-47-34(73)27(66)22(61)14(6-54)81-47)89-51-43(29(68)24(63)16(8-56)83-51)92-49-36(75)31(70)39(18(10-58)85-49)88-46-33(72)26(65)21(60)13(5-53)80-46/h12-76,93H,1-11H2/t12?,13?,14?,15?,16?,17?,18?,19?,20-,21-,22+,23+,24+,25-,26-,27-,28?,29-,30+,31+,32?,33?,34?,35?,36?,37?,38+,39+,40+,41+,42-,43?,44-,45-,46-,47-,48+,49+,50+,51-/m0/s1. The van der Waals surface area contributed by atoms with Crippen molar-refractivity contribution < 1.29 is 203 Å². The second-order valence-electron chi connectivity index (χ2n) is 23.3. The number of hydrogen-bond acceptors (Lipinski definition) is 42. The molecular weight excluding hydrogens is 1300 g/mol. The molecule has 0 aromatic carbocycles. The maximum absolute atomic E-state index is 12.2. The van der Waals surface area contributed by atoms with Gasteiger partial charge in [-0.25, -0.2) is 0 Å². The topological polar surface area (TPSA) is 653 Å². The molecule has 25 N–H and O–H groups in total. The lowest BCUT2D eigenvalue weighted by Gasteiger charge is -2.51. The highest BCUT2D eigenvalue weighted by atomic mass is 32.1. The van der Waals surface area contributed by atoms with Crippen LogP contribution in [-0.2, 0) is 75.8 Å². The van der Waals surface area contributed by atoms with Crippen LogP contribution in [0.25, 0.3) is 0 Å². The Morgan fingerprint density at radius 3 is 0.860 bits per heavy atom. The Labute approximate surface area is 532 Å². The van der Waals surface area contributed by atoms with Gasteiger partial charge in [-0.05, 0) is 12.2 Å². The zero-order chi connectivity index (χ0) is 68.2. The molecule has 42 heteroatoms. The number of aliphatic hydroxyl groups excluding tert-OH is 25. The molecule has 8 fully saturated rings. The summed E-state index contributed by atoms with van der Waals surface area (Å²) in [5.74, 6) is 0.190. The molecule has 0 spiro atoms. The summed E-state index contributed by atoms with van der Waals surface area (Å²) in [4.78, 5) is 0. The van der Waals surface area contributed by atoms with E-state index < -0.39 is 299 Å². The van der Waals surface area contributed by atoms with Gasteiger partial charge >= 0.3 is 0 Å². The van der Waals surface area contributed by atoms with Crippen LogP contribution in [0, 0.1) is 0 Å². The molecule has 0 aliphatic carbocycles. The summed E-state index contributed by atoms with van der Waals surface area (Å²) in [7, 11) is 0. The van der Waals surface area contributed by atoms with E-state index in [1.165, 1.54) is 0 Å². The summed E-state index contributed by atoms with van der Waals surface area (Å²) < 4.78 is 93.5. The SMILES string of the molecule is OCC1O[C@@H](OCC2O[C@H](OCCCS)C(O)[C@@H](O[C@@H]3OC(CO)[C@@H](O)[C@H](O)C3O)[C@@H]2O[C@@H]2OC(CO)[C@@H](O)[C@H](O)C2O[C@H]2OC(CO)[C@@H](O[C@@H]3OC(CO)[C@H](O)[C@H](O)C3O)[C@H](O)C2O)[C@@H](O[C@H]2OC(CO)[C@@H](O[C@@H]3OC(CO)[C@H](O)[C@H](O)C3O)[C@H](O)C2O)C(O)[C@@H]1O. The van der Waals surface area contributed by atoms with Crippen LogP contribution in [0.1, 0.15) is 6.42 Å². The maximum Gasteiger partial charge on any atom is 0.187 e. The smallest absolute Gasteiger partial charge is 0.187 e. The van der Waals surface area contributed by atoms with Gasteiger partial charge in [0, 0.05) is 0 Å². The number of aliphatic hydroxyl groups is 25. The molecule has 93 heavy (non-hydrogen) atoms. The molecule has 8 aliphatic heterocycles. The van der Waals surface area contributed by atoms with Crippen molar-refractivity contribution in [3.8, 4) is 0 Å². The monoisotopic (exact) mass is 1390 g/mol. The van der Waals surface area contributed by atoms with Crippen molar-refractivity contribution in [3.05, 3.63) is 0 Å². The summed E-state index contributed by atoms with van der Waals surface area (Å²) in [6, 6.07) is 0. The Morgan fingerprint density at radius 1 is 0.226 bits per heavy atom. The third-order valence-corrected chi connectivity index (χ3v) is 17.5. The summed E-state index contributed by atoms with van der Waals surface area (Å²) in [6.45, 7) is -8.46. The molecule has 0 saturated carbocycles. The fraction of sp³-hybridized carbons (Fsp3) is 1.00. The van der Waals surface area contributed by atoms with Crippen LogP contribution in [0.15, 0.2) is 0 Å². The van der Waals surface area contributed by atoms with Gasteiger partial charge in [0.1, 0.15) is 195 Å². The Bertz CT molecular complexity index is 2210. The van der Waals surface area contributed by atoms with Crippen LogP contribution in [-0.4, -0.2) is 439 Å².